The molecule has 0 aliphatic heterocycles. The number of ether oxygens (including phenoxy) is 2. The van der Waals surface area contributed by atoms with Crippen molar-refractivity contribution in [3.8, 4) is 11.5 Å². The molecule has 4 nitrogen and oxygen atoms in total. The molecule has 0 N–H and O–H groups in total. The van der Waals surface area contributed by atoms with Crippen LogP contribution in [0.5, 0.6) is 11.5 Å². The summed E-state index contributed by atoms with van der Waals surface area (Å²) in [6, 6.07) is 5.17. The van der Waals surface area contributed by atoms with Gasteiger partial charge >= 0.3 is 0 Å². The van der Waals surface area contributed by atoms with Crippen LogP contribution in [0.15, 0.2) is 18.2 Å². The van der Waals surface area contributed by atoms with E-state index >= 15 is 0 Å². The quantitative estimate of drug-likeness (QED) is 0.755. The summed E-state index contributed by atoms with van der Waals surface area (Å²) in [6.07, 6.45) is 0.746. The van der Waals surface area contributed by atoms with Gasteiger partial charge in [0.1, 0.15) is 11.5 Å². The third kappa shape index (κ3) is 4.31. The van der Waals surface area contributed by atoms with Gasteiger partial charge in [0.2, 0.25) is 0 Å². The number of nitrogens with zero attached hydrogens (tertiary/aromatic N) is 1. The maximum atomic E-state index is 12.4. The van der Waals surface area contributed by atoms with Crippen LogP contribution in [0.2, 0.25) is 0 Å². The molecule has 106 valence electrons. The molecule has 0 aromatic heterocycles. The van der Waals surface area contributed by atoms with E-state index in [-0.39, 0.29) is 11.3 Å². The molecule has 0 aliphatic rings. The zero-order chi connectivity index (χ0) is 14.4. The van der Waals surface area contributed by atoms with Gasteiger partial charge < -0.3 is 14.4 Å². The molecule has 0 fully saturated rings. The van der Waals surface area contributed by atoms with Crippen LogP contribution in [0, 0.1) is 0 Å². The number of hydrogen-bond donors (Lipinski definition) is 0. The fraction of sp³-hybridized carbons (Fsp3) is 0.500. The van der Waals surface area contributed by atoms with Crippen LogP contribution in [0.1, 0.15) is 23.7 Å². The Hall–Kier alpha value is -1.42. The number of alkyl halides is 1. The van der Waals surface area contributed by atoms with Crippen LogP contribution in [0.4, 0.5) is 0 Å². The molecule has 0 aliphatic carbocycles. The molecule has 0 bridgehead atoms. The first-order valence-corrected chi connectivity index (χ1v) is 6.54. The number of carbonyl (C=O) groups excluding carboxylic acids is 1. The molecule has 1 aromatic carbocycles. The first kappa shape index (κ1) is 15.6. The summed E-state index contributed by atoms with van der Waals surface area (Å²) in [5.74, 6) is 1.06. The predicted octanol–water partition coefficient (Wildman–Crippen LogP) is 2.79. The molecule has 1 rings (SSSR count). The van der Waals surface area contributed by atoms with Crippen LogP contribution in [-0.2, 0) is 0 Å². The lowest BCUT2D eigenvalue weighted by atomic mass is 10.1. The second-order valence-electron chi connectivity index (χ2n) is 4.36. The Balaban J connectivity index is 2.90. The van der Waals surface area contributed by atoms with Crippen molar-refractivity contribution in [2.45, 2.75) is 18.7 Å². The minimum absolute atomic E-state index is 0.0439. The number of halogens is 1. The van der Waals surface area contributed by atoms with Crippen LogP contribution in [0.25, 0.3) is 0 Å². The molecular formula is C14H20ClNO3. The van der Waals surface area contributed by atoms with Gasteiger partial charge in [-0.1, -0.05) is 0 Å². The van der Waals surface area contributed by atoms with Crippen molar-refractivity contribution >= 4 is 17.5 Å². The van der Waals surface area contributed by atoms with Gasteiger partial charge in [0.15, 0.2) is 0 Å². The van der Waals surface area contributed by atoms with Crippen molar-refractivity contribution in [1.29, 1.82) is 0 Å². The van der Waals surface area contributed by atoms with Gasteiger partial charge in [0, 0.05) is 19.0 Å². The Morgan fingerprint density at radius 3 is 2.58 bits per heavy atom. The van der Waals surface area contributed by atoms with E-state index in [4.69, 9.17) is 21.1 Å². The van der Waals surface area contributed by atoms with Gasteiger partial charge in [-0.3, -0.25) is 4.79 Å². The van der Waals surface area contributed by atoms with Crippen LogP contribution < -0.4 is 9.47 Å². The highest BCUT2D eigenvalue weighted by Crippen LogP contribution is 2.25. The van der Waals surface area contributed by atoms with E-state index in [2.05, 4.69) is 0 Å². The van der Waals surface area contributed by atoms with Crippen molar-refractivity contribution in [3.05, 3.63) is 23.8 Å². The standard InChI is InChI=1S/C14H20ClNO3/c1-10(15)7-8-16(2)14(17)12-9-11(18-3)5-6-13(12)19-4/h5-6,9-10H,7-8H2,1-4H3. The molecule has 0 saturated heterocycles. The molecule has 1 aromatic rings. The summed E-state index contributed by atoms with van der Waals surface area (Å²) >= 11 is 5.90. The third-order valence-corrected chi connectivity index (χ3v) is 3.06. The van der Waals surface area contributed by atoms with Gasteiger partial charge in [-0.05, 0) is 31.5 Å². The van der Waals surface area contributed by atoms with Gasteiger partial charge in [-0.25, -0.2) is 0 Å². The van der Waals surface area contributed by atoms with Crippen molar-refractivity contribution < 1.29 is 14.3 Å². The zero-order valence-electron chi connectivity index (χ0n) is 11.8. The average Bonchev–Trinajstić information content (AvgIpc) is 2.42. The summed E-state index contributed by atoms with van der Waals surface area (Å²) in [6.45, 7) is 2.51. The number of benzene rings is 1. The van der Waals surface area contributed by atoms with Crippen molar-refractivity contribution in [1.82, 2.24) is 4.90 Å². The summed E-state index contributed by atoms with van der Waals surface area (Å²) in [5.41, 5.74) is 0.492. The third-order valence-electron chi connectivity index (χ3n) is 2.85. The molecule has 0 radical (unpaired) electrons. The Kier molecular flexibility index (Phi) is 5.96. The number of hydrogen-bond acceptors (Lipinski definition) is 3. The highest BCUT2D eigenvalue weighted by molar-refractivity contribution is 6.20. The Bertz CT molecular complexity index is 435. The summed E-state index contributed by atoms with van der Waals surface area (Å²) < 4.78 is 10.3. The molecule has 5 heteroatoms. The van der Waals surface area contributed by atoms with Gasteiger partial charge in [-0.2, -0.15) is 0 Å². The summed E-state index contributed by atoms with van der Waals surface area (Å²) in [4.78, 5) is 14.0. The first-order chi connectivity index (χ1) is 8.99. The van der Waals surface area contributed by atoms with E-state index in [0.717, 1.165) is 6.42 Å². The van der Waals surface area contributed by atoms with E-state index in [9.17, 15) is 4.79 Å². The van der Waals surface area contributed by atoms with Crippen molar-refractivity contribution in [3.63, 3.8) is 0 Å². The van der Waals surface area contributed by atoms with Gasteiger partial charge in [0.25, 0.3) is 5.91 Å². The molecular weight excluding hydrogens is 266 g/mol. The first-order valence-electron chi connectivity index (χ1n) is 6.11. The fourth-order valence-corrected chi connectivity index (χ4v) is 1.76. The largest absolute Gasteiger partial charge is 0.497 e. The maximum Gasteiger partial charge on any atom is 0.257 e. The normalized spacial score (nSPS) is 11.8. The highest BCUT2D eigenvalue weighted by atomic mass is 35.5. The lowest BCUT2D eigenvalue weighted by Crippen LogP contribution is -2.29. The van der Waals surface area contributed by atoms with Gasteiger partial charge in [-0.15, -0.1) is 11.6 Å². The van der Waals surface area contributed by atoms with E-state index in [1.807, 2.05) is 6.92 Å². The molecule has 1 amide bonds. The Labute approximate surface area is 119 Å². The van der Waals surface area contributed by atoms with E-state index in [1.54, 1.807) is 44.4 Å². The van der Waals surface area contributed by atoms with Gasteiger partial charge in [0.05, 0.1) is 19.8 Å². The van der Waals surface area contributed by atoms with Crippen LogP contribution in [-0.4, -0.2) is 44.0 Å². The number of rotatable bonds is 6. The number of carbonyl (C=O) groups is 1. The second-order valence-corrected chi connectivity index (χ2v) is 5.11. The van der Waals surface area contributed by atoms with Crippen molar-refractivity contribution in [2.24, 2.45) is 0 Å². The monoisotopic (exact) mass is 285 g/mol. The minimum atomic E-state index is -0.104. The minimum Gasteiger partial charge on any atom is -0.497 e. The molecule has 0 saturated carbocycles. The molecule has 1 atom stereocenters. The summed E-state index contributed by atoms with van der Waals surface area (Å²) in [5, 5.41) is 0.0439. The molecule has 0 heterocycles. The molecule has 0 spiro atoms. The SMILES string of the molecule is COc1ccc(OC)c(C(=O)N(C)CCC(C)Cl)c1. The van der Waals surface area contributed by atoms with E-state index in [1.165, 1.54) is 0 Å². The van der Waals surface area contributed by atoms with E-state index < -0.39 is 0 Å². The van der Waals surface area contributed by atoms with Crippen LogP contribution >= 0.6 is 11.6 Å². The fourth-order valence-electron chi connectivity index (χ4n) is 1.66. The highest BCUT2D eigenvalue weighted by Gasteiger charge is 2.17. The average molecular weight is 286 g/mol. The predicted molar refractivity (Wildman–Crippen MR) is 76.4 cm³/mol. The Morgan fingerprint density at radius 2 is 2.05 bits per heavy atom. The Morgan fingerprint density at radius 1 is 1.37 bits per heavy atom. The lowest BCUT2D eigenvalue weighted by molar-refractivity contribution is 0.0790. The number of methoxy groups -OCH3 is 2. The smallest absolute Gasteiger partial charge is 0.257 e. The number of amides is 1. The topological polar surface area (TPSA) is 38.8 Å². The molecule has 19 heavy (non-hydrogen) atoms. The molecule has 1 unspecified atom stereocenters. The lowest BCUT2D eigenvalue weighted by Gasteiger charge is -2.19. The van der Waals surface area contributed by atoms with E-state index in [0.29, 0.717) is 23.6 Å². The maximum absolute atomic E-state index is 12.4. The zero-order valence-corrected chi connectivity index (χ0v) is 12.5. The van der Waals surface area contributed by atoms with Crippen LogP contribution in [0.3, 0.4) is 0 Å². The summed E-state index contributed by atoms with van der Waals surface area (Å²) in [7, 11) is 4.86. The van der Waals surface area contributed by atoms with Crippen molar-refractivity contribution in [2.75, 3.05) is 27.8 Å². The second kappa shape index (κ2) is 7.24.